The van der Waals surface area contributed by atoms with Gasteiger partial charge in [0.25, 0.3) is 0 Å². The number of thiazole rings is 1. The van der Waals surface area contributed by atoms with E-state index in [4.69, 9.17) is 4.42 Å². The fourth-order valence-corrected chi connectivity index (χ4v) is 3.82. The lowest BCUT2D eigenvalue weighted by molar-refractivity contribution is -0.668. The quantitative estimate of drug-likeness (QED) is 0.357. The molecule has 3 aromatic rings. The molecule has 132 valence electrons. The maximum atomic E-state index is 12.5. The minimum absolute atomic E-state index is 0.276. The van der Waals surface area contributed by atoms with Crippen molar-refractivity contribution in [1.29, 1.82) is 0 Å². The van der Waals surface area contributed by atoms with Crippen LogP contribution in [0.3, 0.4) is 0 Å². The van der Waals surface area contributed by atoms with Crippen LogP contribution in [0.1, 0.15) is 39.5 Å². The van der Waals surface area contributed by atoms with Gasteiger partial charge in [-0.1, -0.05) is 56.2 Å². The van der Waals surface area contributed by atoms with Crippen molar-refractivity contribution in [2.24, 2.45) is 0 Å². The van der Waals surface area contributed by atoms with Crippen molar-refractivity contribution < 1.29 is 8.98 Å². The molecule has 2 heterocycles. The third-order valence-corrected chi connectivity index (χ3v) is 5.21. The summed E-state index contributed by atoms with van der Waals surface area (Å²) in [6.45, 7) is 6.22. The number of rotatable bonds is 8. The van der Waals surface area contributed by atoms with Crippen molar-refractivity contribution in [1.82, 2.24) is 0 Å². The average molecular weight is 357 g/mol. The second-order valence-electron chi connectivity index (χ2n) is 6.20. The Kier molecular flexibility index (Phi) is 5.87. The molecule has 0 saturated carbocycles. The molecule has 1 aromatic carbocycles. The molecule has 5 heteroatoms. The fraction of sp³-hybridized carbons (Fsp3) is 0.400. The lowest BCUT2D eigenvalue weighted by atomic mass is 10.1. The Labute approximate surface area is 152 Å². The second-order valence-corrected chi connectivity index (χ2v) is 7.06. The number of para-hydroxylation sites is 1. The zero-order valence-electron chi connectivity index (χ0n) is 14.9. The summed E-state index contributed by atoms with van der Waals surface area (Å²) in [7, 11) is 0. The molecule has 0 fully saturated rings. The fourth-order valence-electron chi connectivity index (χ4n) is 2.85. The van der Waals surface area contributed by atoms with Crippen LogP contribution in [0.15, 0.2) is 44.9 Å². The Bertz CT molecular complexity index is 898. The van der Waals surface area contributed by atoms with Gasteiger partial charge >= 0.3 is 10.8 Å². The molecule has 1 N–H and O–H groups in total. The van der Waals surface area contributed by atoms with Crippen molar-refractivity contribution in [2.45, 2.75) is 46.1 Å². The molecule has 0 saturated heterocycles. The predicted octanol–water partition coefficient (Wildman–Crippen LogP) is 4.82. The number of nitrogens with zero attached hydrogens (tertiary/aromatic N) is 1. The molecule has 0 radical (unpaired) electrons. The molecular formula is C20H25N2O2S+. The van der Waals surface area contributed by atoms with Gasteiger partial charge in [-0.05, 0) is 25.0 Å². The first-order chi connectivity index (χ1) is 12.2. The highest BCUT2D eigenvalue weighted by Crippen LogP contribution is 2.24. The molecule has 2 aromatic heterocycles. The molecule has 0 amide bonds. The molecular weight excluding hydrogens is 332 g/mol. The summed E-state index contributed by atoms with van der Waals surface area (Å²) in [4.78, 5) is 12.5. The van der Waals surface area contributed by atoms with Gasteiger partial charge in [-0.15, -0.1) is 0 Å². The zero-order chi connectivity index (χ0) is 17.6. The Morgan fingerprint density at radius 2 is 1.96 bits per heavy atom. The summed E-state index contributed by atoms with van der Waals surface area (Å²) < 4.78 is 7.76. The minimum Gasteiger partial charge on any atom is -0.422 e. The number of unbranched alkanes of at least 4 members (excludes halogenated alkanes) is 2. The summed E-state index contributed by atoms with van der Waals surface area (Å²) in [6, 6.07) is 9.60. The van der Waals surface area contributed by atoms with Crippen LogP contribution in [-0.4, -0.2) is 6.54 Å². The number of benzene rings is 1. The van der Waals surface area contributed by atoms with Crippen LogP contribution in [0.5, 0.6) is 0 Å². The number of aromatic nitrogens is 1. The predicted molar refractivity (Wildman–Crippen MR) is 104 cm³/mol. The molecule has 3 rings (SSSR count). The monoisotopic (exact) mass is 357 g/mol. The topological polar surface area (TPSA) is 46.1 Å². The molecule has 0 aliphatic carbocycles. The Morgan fingerprint density at radius 3 is 2.76 bits per heavy atom. The zero-order valence-corrected chi connectivity index (χ0v) is 15.7. The van der Waals surface area contributed by atoms with Gasteiger partial charge in [0.05, 0.1) is 13.1 Å². The van der Waals surface area contributed by atoms with Crippen LogP contribution >= 0.6 is 11.3 Å². The van der Waals surface area contributed by atoms with Crippen LogP contribution in [-0.2, 0) is 6.54 Å². The number of hydrogen-bond donors (Lipinski definition) is 1. The molecule has 0 aliphatic rings. The van der Waals surface area contributed by atoms with Crippen LogP contribution in [0.25, 0.3) is 22.2 Å². The van der Waals surface area contributed by atoms with E-state index in [0.717, 1.165) is 55.0 Å². The van der Waals surface area contributed by atoms with E-state index in [1.54, 1.807) is 11.3 Å². The third kappa shape index (κ3) is 3.93. The highest BCUT2D eigenvalue weighted by atomic mass is 32.1. The van der Waals surface area contributed by atoms with Crippen LogP contribution < -0.4 is 15.5 Å². The van der Waals surface area contributed by atoms with E-state index in [2.05, 4.69) is 29.1 Å². The van der Waals surface area contributed by atoms with Gasteiger partial charge in [0.15, 0.2) is 5.69 Å². The maximum absolute atomic E-state index is 12.5. The van der Waals surface area contributed by atoms with Crippen molar-refractivity contribution in [3.8, 4) is 11.3 Å². The molecule has 0 unspecified atom stereocenters. The number of anilines is 1. The van der Waals surface area contributed by atoms with Crippen LogP contribution in [0.4, 0.5) is 5.13 Å². The molecule has 0 spiro atoms. The first kappa shape index (κ1) is 17.7. The van der Waals surface area contributed by atoms with E-state index in [9.17, 15) is 4.79 Å². The highest BCUT2D eigenvalue weighted by Gasteiger charge is 2.21. The van der Waals surface area contributed by atoms with Gasteiger partial charge in [-0.3, -0.25) is 5.32 Å². The van der Waals surface area contributed by atoms with Crippen LogP contribution in [0, 0.1) is 0 Å². The second kappa shape index (κ2) is 8.30. The highest BCUT2D eigenvalue weighted by molar-refractivity contribution is 7.13. The normalized spacial score (nSPS) is 11.1. The Balaban J connectivity index is 2.03. The number of hydrogen-bond acceptors (Lipinski definition) is 4. The largest absolute Gasteiger partial charge is 0.422 e. The van der Waals surface area contributed by atoms with Gasteiger partial charge in [0.1, 0.15) is 11.1 Å². The van der Waals surface area contributed by atoms with Gasteiger partial charge in [-0.25, -0.2) is 9.36 Å². The smallest absolute Gasteiger partial charge is 0.347 e. The molecule has 25 heavy (non-hydrogen) atoms. The molecule has 0 bridgehead atoms. The maximum Gasteiger partial charge on any atom is 0.347 e. The number of nitrogens with one attached hydrogen (secondary N) is 1. The van der Waals surface area contributed by atoms with Crippen LogP contribution in [0.2, 0.25) is 0 Å². The lowest BCUT2D eigenvalue weighted by Crippen LogP contribution is -2.38. The number of fused-ring (bicyclic) bond motifs is 1. The van der Waals surface area contributed by atoms with Gasteiger partial charge in [0, 0.05) is 10.8 Å². The van der Waals surface area contributed by atoms with E-state index in [0.29, 0.717) is 11.1 Å². The van der Waals surface area contributed by atoms with Gasteiger partial charge in [0.2, 0.25) is 0 Å². The van der Waals surface area contributed by atoms with Crippen molar-refractivity contribution in [3.63, 3.8) is 0 Å². The average Bonchev–Trinajstić information content (AvgIpc) is 3.02. The van der Waals surface area contributed by atoms with Crippen molar-refractivity contribution >= 4 is 27.4 Å². The first-order valence-electron chi connectivity index (χ1n) is 9.03. The Hall–Kier alpha value is -2.14. The summed E-state index contributed by atoms with van der Waals surface area (Å²) in [5.41, 5.74) is 1.93. The van der Waals surface area contributed by atoms with E-state index < -0.39 is 0 Å². The SMILES string of the molecule is CCCCNc1scc(-c2cc3ccccc3oc2=O)[n+]1CCCC. The van der Waals surface area contributed by atoms with Gasteiger partial charge in [-0.2, -0.15) is 0 Å². The van der Waals surface area contributed by atoms with Gasteiger partial charge < -0.3 is 4.42 Å². The Morgan fingerprint density at radius 1 is 1.16 bits per heavy atom. The van der Waals surface area contributed by atoms with E-state index in [1.807, 2.05) is 30.3 Å². The van der Waals surface area contributed by atoms with Crippen molar-refractivity contribution in [3.05, 3.63) is 46.1 Å². The van der Waals surface area contributed by atoms with Crippen molar-refractivity contribution in [2.75, 3.05) is 11.9 Å². The van der Waals surface area contributed by atoms with E-state index >= 15 is 0 Å². The summed E-state index contributed by atoms with van der Waals surface area (Å²) in [6.07, 6.45) is 4.49. The summed E-state index contributed by atoms with van der Waals surface area (Å²) in [5, 5.41) is 7.64. The lowest BCUT2D eigenvalue weighted by Gasteiger charge is -2.06. The first-order valence-corrected chi connectivity index (χ1v) is 9.91. The summed E-state index contributed by atoms with van der Waals surface area (Å²) >= 11 is 1.66. The molecule has 0 atom stereocenters. The molecule has 4 nitrogen and oxygen atoms in total. The third-order valence-electron chi connectivity index (χ3n) is 4.28. The van der Waals surface area contributed by atoms with E-state index in [-0.39, 0.29) is 5.63 Å². The minimum atomic E-state index is -0.276. The summed E-state index contributed by atoms with van der Waals surface area (Å²) in [5.74, 6) is 0. The molecule has 0 aliphatic heterocycles. The van der Waals surface area contributed by atoms with E-state index in [1.165, 1.54) is 0 Å². The standard InChI is InChI=1S/C20H24N2O2S/c1-3-5-11-21-20-22(12-6-4-2)17(14-25-20)16-13-15-9-7-8-10-18(15)24-19(16)23/h7-10,13-14H,3-6,11-12H2,1-2H3/p+1.